The van der Waals surface area contributed by atoms with Crippen molar-refractivity contribution < 1.29 is 19.1 Å². The number of nitrogens with one attached hydrogen (secondary N) is 4. The molecular formula is C23H27N5O4. The fourth-order valence-electron chi connectivity index (χ4n) is 2.88. The normalized spacial score (nSPS) is 11.1. The van der Waals surface area contributed by atoms with Crippen LogP contribution in [-0.4, -0.2) is 40.0 Å². The second kappa shape index (κ2) is 9.95. The summed E-state index contributed by atoms with van der Waals surface area (Å²) >= 11 is 0. The van der Waals surface area contributed by atoms with Crippen molar-refractivity contribution in [3.63, 3.8) is 0 Å². The topological polar surface area (TPSA) is 125 Å². The molecule has 0 atom stereocenters. The first kappa shape index (κ1) is 22.8. The van der Waals surface area contributed by atoms with E-state index in [0.717, 1.165) is 16.6 Å². The summed E-state index contributed by atoms with van der Waals surface area (Å²) in [6.45, 7) is 5.85. The molecule has 0 unspecified atom stereocenters. The van der Waals surface area contributed by atoms with Crippen LogP contribution in [0.2, 0.25) is 0 Å². The van der Waals surface area contributed by atoms with E-state index in [1.165, 1.54) is 0 Å². The van der Waals surface area contributed by atoms with Crippen LogP contribution >= 0.6 is 0 Å². The zero-order chi connectivity index (χ0) is 23.1. The van der Waals surface area contributed by atoms with Gasteiger partial charge in [-0.2, -0.15) is 0 Å². The predicted octanol–water partition coefficient (Wildman–Crippen LogP) is 3.35. The van der Waals surface area contributed by atoms with Crippen molar-refractivity contribution in [1.82, 2.24) is 20.6 Å². The smallest absolute Gasteiger partial charge is 0.407 e. The number of aromatic nitrogens is 2. The fraction of sp³-hybridized carbons (Fsp3) is 0.304. The molecule has 2 aromatic carbocycles. The van der Waals surface area contributed by atoms with Gasteiger partial charge in [-0.3, -0.25) is 9.59 Å². The Morgan fingerprint density at radius 1 is 1.03 bits per heavy atom. The van der Waals surface area contributed by atoms with E-state index in [1.54, 1.807) is 57.4 Å². The number of rotatable bonds is 7. The first-order valence-electron chi connectivity index (χ1n) is 10.3. The van der Waals surface area contributed by atoms with Crippen molar-refractivity contribution in [3.8, 4) is 0 Å². The summed E-state index contributed by atoms with van der Waals surface area (Å²) in [7, 11) is 0. The first-order chi connectivity index (χ1) is 15.2. The lowest BCUT2D eigenvalue weighted by Gasteiger charge is -2.19. The molecule has 1 heterocycles. The Morgan fingerprint density at radius 2 is 1.78 bits per heavy atom. The number of benzene rings is 2. The van der Waals surface area contributed by atoms with E-state index in [2.05, 4.69) is 25.9 Å². The van der Waals surface area contributed by atoms with E-state index < -0.39 is 11.7 Å². The highest BCUT2D eigenvalue weighted by atomic mass is 16.6. The van der Waals surface area contributed by atoms with E-state index >= 15 is 0 Å². The summed E-state index contributed by atoms with van der Waals surface area (Å²) in [4.78, 5) is 43.1. The lowest BCUT2D eigenvalue weighted by Crippen LogP contribution is -2.34. The molecule has 0 radical (unpaired) electrons. The summed E-state index contributed by atoms with van der Waals surface area (Å²) in [6.07, 6.45) is 1.16. The fourth-order valence-corrected chi connectivity index (χ4v) is 2.88. The summed E-state index contributed by atoms with van der Waals surface area (Å²) in [5.41, 5.74) is 3.10. The van der Waals surface area contributed by atoms with E-state index in [4.69, 9.17) is 4.74 Å². The maximum atomic E-state index is 12.4. The number of nitrogens with zero attached hydrogens (tertiary/aromatic N) is 1. The number of fused-ring (bicyclic) bond motifs is 1. The second-order valence-corrected chi connectivity index (χ2v) is 8.24. The quantitative estimate of drug-likeness (QED) is 0.451. The van der Waals surface area contributed by atoms with Gasteiger partial charge in [-0.05, 0) is 56.7 Å². The minimum absolute atomic E-state index is 0.123. The largest absolute Gasteiger partial charge is 0.444 e. The molecule has 0 aliphatic heterocycles. The van der Waals surface area contributed by atoms with E-state index in [9.17, 15) is 14.4 Å². The third kappa shape index (κ3) is 6.83. The maximum Gasteiger partial charge on any atom is 0.407 e. The molecule has 3 aromatic rings. The molecule has 0 bridgehead atoms. The summed E-state index contributed by atoms with van der Waals surface area (Å²) in [5.74, 6) is -0.410. The van der Waals surface area contributed by atoms with E-state index in [-0.39, 0.29) is 24.8 Å². The predicted molar refractivity (Wildman–Crippen MR) is 121 cm³/mol. The lowest BCUT2D eigenvalue weighted by molar-refractivity contribution is -0.116. The number of carbonyl (C=O) groups is 3. The Labute approximate surface area is 185 Å². The van der Waals surface area contributed by atoms with Crippen LogP contribution in [0.1, 0.15) is 43.1 Å². The minimum Gasteiger partial charge on any atom is -0.444 e. The van der Waals surface area contributed by atoms with Gasteiger partial charge in [0.15, 0.2) is 0 Å². The lowest BCUT2D eigenvalue weighted by atomic mass is 10.1. The Bertz CT molecular complexity index is 1100. The molecule has 9 heteroatoms. The van der Waals surface area contributed by atoms with Gasteiger partial charge < -0.3 is 25.7 Å². The number of imidazole rings is 1. The van der Waals surface area contributed by atoms with E-state index in [1.807, 2.05) is 12.1 Å². The summed E-state index contributed by atoms with van der Waals surface area (Å²) < 4.78 is 5.12. The Morgan fingerprint density at radius 3 is 2.50 bits per heavy atom. The second-order valence-electron chi connectivity index (χ2n) is 8.24. The third-order valence-corrected chi connectivity index (χ3v) is 4.39. The van der Waals surface area contributed by atoms with Gasteiger partial charge in [0.1, 0.15) is 5.60 Å². The van der Waals surface area contributed by atoms with Crippen LogP contribution in [0.15, 0.2) is 48.8 Å². The van der Waals surface area contributed by atoms with Gasteiger partial charge in [-0.1, -0.05) is 12.1 Å². The van der Waals surface area contributed by atoms with Gasteiger partial charge in [-0.25, -0.2) is 9.78 Å². The molecule has 4 N–H and O–H groups in total. The molecular weight excluding hydrogens is 410 g/mol. The Balaban J connectivity index is 1.41. The molecule has 0 aliphatic carbocycles. The van der Waals surface area contributed by atoms with Gasteiger partial charge in [-0.15, -0.1) is 0 Å². The van der Waals surface area contributed by atoms with Crippen LogP contribution in [0.5, 0.6) is 0 Å². The van der Waals surface area contributed by atoms with Gasteiger partial charge in [0.25, 0.3) is 5.91 Å². The Hall–Kier alpha value is -3.88. The summed E-state index contributed by atoms with van der Waals surface area (Å²) in [5, 5.41) is 8.19. The number of carbonyl (C=O) groups excluding carboxylic acids is 3. The van der Waals surface area contributed by atoms with Crippen LogP contribution in [0, 0.1) is 0 Å². The van der Waals surface area contributed by atoms with Crippen molar-refractivity contribution in [2.24, 2.45) is 0 Å². The van der Waals surface area contributed by atoms with Crippen LogP contribution in [0.4, 0.5) is 10.5 Å². The molecule has 3 amide bonds. The molecule has 32 heavy (non-hydrogen) atoms. The zero-order valence-electron chi connectivity index (χ0n) is 18.3. The number of alkyl carbamates (subject to hydrolysis) is 1. The molecule has 0 fully saturated rings. The molecule has 168 valence electrons. The molecule has 0 aliphatic rings. The average Bonchev–Trinajstić information content (AvgIpc) is 3.19. The number of hydrogen-bond donors (Lipinski definition) is 4. The highest BCUT2D eigenvalue weighted by molar-refractivity contribution is 5.97. The number of aromatic amines is 1. The standard InChI is InChI=1S/C23H27N5O4/c1-23(2,3)32-22(31)24-11-10-20(29)28-17-7-4-15(5-8-17)13-25-21(30)16-6-9-18-19(12-16)27-14-26-18/h4-9,12,14H,10-11,13H2,1-3H3,(H,24,31)(H,25,30)(H,26,27)(H,28,29). The number of ether oxygens (including phenoxy) is 1. The van der Waals surface area contributed by atoms with Crippen molar-refractivity contribution >= 4 is 34.6 Å². The summed E-state index contributed by atoms with van der Waals surface area (Å²) in [6, 6.07) is 12.5. The molecule has 1 aromatic heterocycles. The van der Waals surface area contributed by atoms with Crippen LogP contribution in [0.25, 0.3) is 11.0 Å². The van der Waals surface area contributed by atoms with Crippen molar-refractivity contribution in [2.45, 2.75) is 39.3 Å². The van der Waals surface area contributed by atoms with Gasteiger partial charge in [0.2, 0.25) is 5.91 Å². The zero-order valence-corrected chi connectivity index (χ0v) is 18.3. The average molecular weight is 438 g/mol. The van der Waals surface area contributed by atoms with Crippen molar-refractivity contribution in [2.75, 3.05) is 11.9 Å². The number of anilines is 1. The number of H-pyrrole nitrogens is 1. The Kier molecular flexibility index (Phi) is 7.09. The van der Waals surface area contributed by atoms with Gasteiger partial charge in [0.05, 0.1) is 17.4 Å². The highest BCUT2D eigenvalue weighted by Gasteiger charge is 2.16. The number of hydrogen-bond acceptors (Lipinski definition) is 5. The van der Waals surface area contributed by atoms with Crippen LogP contribution in [0.3, 0.4) is 0 Å². The van der Waals surface area contributed by atoms with Crippen LogP contribution < -0.4 is 16.0 Å². The van der Waals surface area contributed by atoms with Gasteiger partial charge >= 0.3 is 6.09 Å². The molecule has 0 saturated carbocycles. The SMILES string of the molecule is CC(C)(C)OC(=O)NCCC(=O)Nc1ccc(CNC(=O)c2ccc3nc[nH]c3c2)cc1. The monoisotopic (exact) mass is 437 g/mol. The maximum absolute atomic E-state index is 12.4. The van der Waals surface area contributed by atoms with Crippen LogP contribution in [-0.2, 0) is 16.1 Å². The molecule has 0 spiro atoms. The minimum atomic E-state index is -0.583. The first-order valence-corrected chi connectivity index (χ1v) is 10.3. The van der Waals surface area contributed by atoms with Gasteiger partial charge in [0, 0.05) is 30.8 Å². The number of amides is 3. The van der Waals surface area contributed by atoms with Crippen molar-refractivity contribution in [3.05, 3.63) is 59.9 Å². The third-order valence-electron chi connectivity index (χ3n) is 4.39. The molecule has 3 rings (SSSR count). The molecule has 9 nitrogen and oxygen atoms in total. The van der Waals surface area contributed by atoms with E-state index in [0.29, 0.717) is 17.8 Å². The van der Waals surface area contributed by atoms with Crippen molar-refractivity contribution in [1.29, 1.82) is 0 Å². The highest BCUT2D eigenvalue weighted by Crippen LogP contribution is 2.13. The molecule has 0 saturated heterocycles.